The maximum Gasteiger partial charge on any atom is 0.345 e. The van der Waals surface area contributed by atoms with Gasteiger partial charge in [-0.25, -0.2) is 13.2 Å². The second-order valence-corrected chi connectivity index (χ2v) is 6.69. The van der Waals surface area contributed by atoms with Crippen LogP contribution in [-0.4, -0.2) is 24.6 Å². The molecule has 1 heterocycles. The summed E-state index contributed by atoms with van der Waals surface area (Å²) in [5.41, 5.74) is -0.155. The summed E-state index contributed by atoms with van der Waals surface area (Å²) in [6.45, 7) is 0. The summed E-state index contributed by atoms with van der Waals surface area (Å²) in [6.07, 6.45) is 0. The van der Waals surface area contributed by atoms with Gasteiger partial charge in [0.1, 0.15) is 16.3 Å². The SMILES string of the molecule is O=C(O)c1cc(S(=O)(=O)Nc2c(O)cccc2Cl)cs1. The number of halogens is 1. The van der Waals surface area contributed by atoms with Crippen LogP contribution in [0.3, 0.4) is 0 Å². The van der Waals surface area contributed by atoms with E-state index in [0.29, 0.717) is 0 Å². The van der Waals surface area contributed by atoms with Crippen LogP contribution in [0.15, 0.2) is 34.5 Å². The van der Waals surface area contributed by atoms with Gasteiger partial charge in [-0.15, -0.1) is 11.3 Å². The molecule has 0 fully saturated rings. The standard InChI is InChI=1S/C11H8ClNO5S2/c12-7-2-1-3-8(14)10(7)13-20(17,18)6-4-9(11(15)16)19-5-6/h1-5,13-14H,(H,15,16). The van der Waals surface area contributed by atoms with E-state index in [2.05, 4.69) is 4.72 Å². The number of aromatic hydroxyl groups is 1. The van der Waals surface area contributed by atoms with Gasteiger partial charge in [0.15, 0.2) is 0 Å². The van der Waals surface area contributed by atoms with Gasteiger partial charge in [-0.1, -0.05) is 17.7 Å². The van der Waals surface area contributed by atoms with Crippen molar-refractivity contribution in [1.29, 1.82) is 0 Å². The monoisotopic (exact) mass is 333 g/mol. The first-order valence-electron chi connectivity index (χ1n) is 5.13. The number of carboxylic acids is 1. The van der Waals surface area contributed by atoms with Gasteiger partial charge in [-0.05, 0) is 18.2 Å². The number of rotatable bonds is 4. The maximum atomic E-state index is 12.1. The summed E-state index contributed by atoms with van der Waals surface area (Å²) in [4.78, 5) is 10.4. The van der Waals surface area contributed by atoms with E-state index in [1.54, 1.807) is 0 Å². The number of benzene rings is 1. The van der Waals surface area contributed by atoms with E-state index in [4.69, 9.17) is 16.7 Å². The normalized spacial score (nSPS) is 11.2. The molecule has 20 heavy (non-hydrogen) atoms. The van der Waals surface area contributed by atoms with E-state index >= 15 is 0 Å². The molecule has 0 atom stereocenters. The van der Waals surface area contributed by atoms with Crippen LogP contribution in [-0.2, 0) is 10.0 Å². The number of carboxylic acid groups (broad SMARTS) is 1. The molecular formula is C11H8ClNO5S2. The van der Waals surface area contributed by atoms with Gasteiger partial charge in [-0.3, -0.25) is 4.72 Å². The van der Waals surface area contributed by atoms with E-state index < -0.39 is 16.0 Å². The molecule has 6 nitrogen and oxygen atoms in total. The highest BCUT2D eigenvalue weighted by molar-refractivity contribution is 7.92. The Kier molecular flexibility index (Phi) is 3.89. The Morgan fingerprint density at radius 2 is 2.05 bits per heavy atom. The van der Waals surface area contributed by atoms with E-state index in [-0.39, 0.29) is 26.2 Å². The number of aromatic carboxylic acids is 1. The Balaban J connectivity index is 2.38. The van der Waals surface area contributed by atoms with Crippen LogP contribution < -0.4 is 4.72 Å². The van der Waals surface area contributed by atoms with Crippen LogP contribution in [0, 0.1) is 0 Å². The number of carbonyl (C=O) groups is 1. The van der Waals surface area contributed by atoms with Crippen molar-refractivity contribution in [3.63, 3.8) is 0 Å². The molecule has 3 N–H and O–H groups in total. The number of nitrogens with one attached hydrogen (secondary N) is 1. The van der Waals surface area contributed by atoms with E-state index in [1.165, 1.54) is 23.6 Å². The number of sulfonamides is 1. The Morgan fingerprint density at radius 1 is 1.35 bits per heavy atom. The van der Waals surface area contributed by atoms with Crippen molar-refractivity contribution in [2.45, 2.75) is 4.90 Å². The van der Waals surface area contributed by atoms with Crippen molar-refractivity contribution in [2.75, 3.05) is 4.72 Å². The molecule has 0 amide bonds. The van der Waals surface area contributed by atoms with Crippen LogP contribution in [0.1, 0.15) is 9.67 Å². The minimum absolute atomic E-state index is 0.0299. The molecule has 0 bridgehead atoms. The molecule has 0 radical (unpaired) electrons. The Hall–Kier alpha value is -1.77. The second-order valence-electron chi connectivity index (χ2n) is 3.69. The summed E-state index contributed by atoms with van der Waals surface area (Å²) in [5.74, 6) is -1.54. The quantitative estimate of drug-likeness (QED) is 0.746. The van der Waals surface area contributed by atoms with Crippen LogP contribution in [0.4, 0.5) is 5.69 Å². The van der Waals surface area contributed by atoms with Gasteiger partial charge in [0, 0.05) is 5.38 Å². The zero-order valence-corrected chi connectivity index (χ0v) is 12.1. The number of hydrogen-bond acceptors (Lipinski definition) is 5. The molecule has 0 saturated heterocycles. The van der Waals surface area contributed by atoms with Crippen LogP contribution in [0.25, 0.3) is 0 Å². The summed E-state index contributed by atoms with van der Waals surface area (Å²) in [5, 5.41) is 19.6. The number of para-hydroxylation sites is 1. The molecular weight excluding hydrogens is 326 g/mol. The van der Waals surface area contributed by atoms with Gasteiger partial charge < -0.3 is 10.2 Å². The number of phenolic OH excluding ortho intramolecular Hbond substituents is 1. The molecule has 2 rings (SSSR count). The van der Waals surface area contributed by atoms with Gasteiger partial charge in [0.2, 0.25) is 0 Å². The molecule has 0 saturated carbocycles. The lowest BCUT2D eigenvalue weighted by molar-refractivity contribution is 0.0702. The first kappa shape index (κ1) is 14.6. The summed E-state index contributed by atoms with van der Waals surface area (Å²) in [6, 6.07) is 5.18. The highest BCUT2D eigenvalue weighted by Crippen LogP contribution is 2.33. The molecule has 9 heteroatoms. The predicted molar refractivity (Wildman–Crippen MR) is 75.2 cm³/mol. The highest BCUT2D eigenvalue weighted by atomic mass is 35.5. The zero-order chi connectivity index (χ0) is 14.9. The van der Waals surface area contributed by atoms with Crippen LogP contribution in [0.2, 0.25) is 5.02 Å². The average molecular weight is 334 g/mol. The predicted octanol–water partition coefficient (Wildman–Crippen LogP) is 2.61. The summed E-state index contributed by atoms with van der Waals surface area (Å²) < 4.78 is 26.3. The zero-order valence-electron chi connectivity index (χ0n) is 9.70. The molecule has 2 aromatic rings. The lowest BCUT2D eigenvalue weighted by Crippen LogP contribution is -2.12. The third-order valence-electron chi connectivity index (χ3n) is 2.32. The number of phenols is 1. The van der Waals surface area contributed by atoms with Crippen molar-refractivity contribution in [2.24, 2.45) is 0 Å². The smallest absolute Gasteiger partial charge is 0.345 e. The molecule has 0 aliphatic rings. The molecule has 1 aromatic carbocycles. The average Bonchev–Trinajstić information content (AvgIpc) is 2.84. The van der Waals surface area contributed by atoms with Gasteiger partial charge >= 0.3 is 5.97 Å². The largest absolute Gasteiger partial charge is 0.506 e. The van der Waals surface area contributed by atoms with E-state index in [1.807, 2.05) is 0 Å². The number of hydrogen-bond donors (Lipinski definition) is 3. The van der Waals surface area contributed by atoms with Gasteiger partial charge in [0.25, 0.3) is 10.0 Å². The van der Waals surface area contributed by atoms with Crippen molar-refractivity contribution >= 4 is 44.6 Å². The minimum atomic E-state index is -4.02. The molecule has 106 valence electrons. The van der Waals surface area contributed by atoms with Crippen molar-refractivity contribution in [1.82, 2.24) is 0 Å². The number of thiophene rings is 1. The molecule has 0 unspecified atom stereocenters. The van der Waals surface area contributed by atoms with Crippen LogP contribution in [0.5, 0.6) is 5.75 Å². The molecule has 0 aliphatic heterocycles. The Morgan fingerprint density at radius 3 is 2.60 bits per heavy atom. The van der Waals surface area contributed by atoms with E-state index in [0.717, 1.165) is 17.4 Å². The lowest BCUT2D eigenvalue weighted by atomic mass is 10.3. The molecule has 0 aliphatic carbocycles. The first-order chi connectivity index (χ1) is 9.31. The highest BCUT2D eigenvalue weighted by Gasteiger charge is 2.21. The number of anilines is 1. The maximum absolute atomic E-state index is 12.1. The van der Waals surface area contributed by atoms with Crippen molar-refractivity contribution < 1.29 is 23.4 Å². The minimum Gasteiger partial charge on any atom is -0.506 e. The third-order valence-corrected chi connectivity index (χ3v) is 5.04. The first-order valence-corrected chi connectivity index (χ1v) is 7.87. The Labute approximate surface area is 123 Å². The Bertz CT molecular complexity index is 749. The van der Waals surface area contributed by atoms with Gasteiger partial charge in [0.05, 0.1) is 9.92 Å². The fourth-order valence-corrected chi connectivity index (χ4v) is 3.86. The fraction of sp³-hybridized carbons (Fsp3) is 0. The molecule has 0 spiro atoms. The fourth-order valence-electron chi connectivity index (χ4n) is 1.38. The van der Waals surface area contributed by atoms with Crippen LogP contribution >= 0.6 is 22.9 Å². The molecule has 1 aromatic heterocycles. The summed E-state index contributed by atoms with van der Waals surface area (Å²) >= 11 is 6.59. The van der Waals surface area contributed by atoms with Crippen molar-refractivity contribution in [3.05, 3.63) is 39.5 Å². The topological polar surface area (TPSA) is 104 Å². The second kappa shape index (κ2) is 5.31. The summed E-state index contributed by atoms with van der Waals surface area (Å²) in [7, 11) is -4.02. The lowest BCUT2D eigenvalue weighted by Gasteiger charge is -2.09. The van der Waals surface area contributed by atoms with Crippen molar-refractivity contribution in [3.8, 4) is 5.75 Å². The van der Waals surface area contributed by atoms with E-state index in [9.17, 15) is 18.3 Å². The van der Waals surface area contributed by atoms with Gasteiger partial charge in [-0.2, -0.15) is 0 Å². The third kappa shape index (κ3) is 2.87.